The summed E-state index contributed by atoms with van der Waals surface area (Å²) < 4.78 is 7.79. The van der Waals surface area contributed by atoms with Crippen LogP contribution in [0.15, 0.2) is 42.7 Å². The Morgan fingerprint density at radius 1 is 1.19 bits per heavy atom. The molecule has 0 aliphatic heterocycles. The monoisotopic (exact) mass is 441 g/mol. The van der Waals surface area contributed by atoms with Gasteiger partial charge in [0, 0.05) is 23.4 Å². The lowest BCUT2D eigenvalue weighted by molar-refractivity contribution is -0.136. The fraction of sp³-hybridized carbons (Fsp3) is 0.375. The third-order valence-electron chi connectivity index (χ3n) is 4.92. The molecule has 164 valence electrons. The van der Waals surface area contributed by atoms with Gasteiger partial charge in [0.1, 0.15) is 5.75 Å². The van der Waals surface area contributed by atoms with E-state index < -0.39 is 5.97 Å². The third kappa shape index (κ3) is 5.85. The Morgan fingerprint density at radius 2 is 1.97 bits per heavy atom. The van der Waals surface area contributed by atoms with Crippen molar-refractivity contribution in [1.82, 2.24) is 14.8 Å². The molecule has 0 saturated carbocycles. The summed E-state index contributed by atoms with van der Waals surface area (Å²) in [4.78, 5) is 15.5. The van der Waals surface area contributed by atoms with Crippen molar-refractivity contribution < 1.29 is 14.6 Å². The van der Waals surface area contributed by atoms with Gasteiger partial charge in [0.15, 0.2) is 5.82 Å². The Hall–Kier alpha value is -2.86. The fourth-order valence-corrected chi connectivity index (χ4v) is 3.62. The zero-order valence-corrected chi connectivity index (χ0v) is 19.1. The summed E-state index contributed by atoms with van der Waals surface area (Å²) in [6, 6.07) is 9.23. The van der Waals surface area contributed by atoms with Gasteiger partial charge in [0.25, 0.3) is 0 Å². The molecule has 0 aliphatic carbocycles. The van der Waals surface area contributed by atoms with E-state index in [-0.39, 0.29) is 11.8 Å². The minimum atomic E-state index is -0.867. The smallest absolute Gasteiger partial charge is 0.307 e. The summed E-state index contributed by atoms with van der Waals surface area (Å²) in [5.41, 5.74) is 3.69. The van der Waals surface area contributed by atoms with Gasteiger partial charge in [0.05, 0.1) is 23.7 Å². The van der Waals surface area contributed by atoms with Crippen LogP contribution in [0.5, 0.6) is 5.75 Å². The number of rotatable bonds is 8. The van der Waals surface area contributed by atoms with Crippen LogP contribution in [0.1, 0.15) is 49.6 Å². The summed E-state index contributed by atoms with van der Waals surface area (Å²) in [7, 11) is 0. The van der Waals surface area contributed by atoms with Gasteiger partial charge in [-0.25, -0.2) is 9.67 Å². The van der Waals surface area contributed by atoms with Crippen molar-refractivity contribution in [1.29, 1.82) is 0 Å². The van der Waals surface area contributed by atoms with E-state index in [2.05, 4.69) is 25.8 Å². The molecule has 1 N–H and O–H groups in total. The van der Waals surface area contributed by atoms with Crippen molar-refractivity contribution >= 4 is 17.6 Å². The lowest BCUT2D eigenvalue weighted by Gasteiger charge is -2.18. The first-order valence-electron chi connectivity index (χ1n) is 10.3. The van der Waals surface area contributed by atoms with Crippen LogP contribution in [0.3, 0.4) is 0 Å². The molecule has 0 saturated heterocycles. The number of carbonyl (C=O) groups is 1. The van der Waals surface area contributed by atoms with Gasteiger partial charge in [0.2, 0.25) is 0 Å². The number of halogens is 1. The number of para-hydroxylation sites is 1. The third-order valence-corrected chi connectivity index (χ3v) is 5.14. The maximum absolute atomic E-state index is 11.1. The second-order valence-corrected chi connectivity index (χ2v) is 9.05. The van der Waals surface area contributed by atoms with Gasteiger partial charge >= 0.3 is 5.97 Å². The molecular formula is C24H28ClN3O3. The molecule has 0 spiro atoms. The highest BCUT2D eigenvalue weighted by Gasteiger charge is 2.23. The standard InChI is InChI=1S/C24H28ClN3O3/c1-16-7-5-8-17(13-21(29)30)22(16)31-12-6-9-18-15-28(27-23(18)24(2,3)4)20-11-10-19(25)14-26-20/h5,7-8,10-11,14-15H,6,9,12-13H2,1-4H3,(H,29,30). The summed E-state index contributed by atoms with van der Waals surface area (Å²) in [5, 5.41) is 14.5. The molecule has 0 bridgehead atoms. The highest BCUT2D eigenvalue weighted by atomic mass is 35.5. The van der Waals surface area contributed by atoms with E-state index in [9.17, 15) is 4.79 Å². The second kappa shape index (κ2) is 9.52. The van der Waals surface area contributed by atoms with Gasteiger partial charge in [-0.05, 0) is 43.0 Å². The first-order valence-corrected chi connectivity index (χ1v) is 10.7. The number of aromatic nitrogens is 3. The van der Waals surface area contributed by atoms with Crippen molar-refractivity contribution in [3.8, 4) is 11.6 Å². The van der Waals surface area contributed by atoms with Gasteiger partial charge in [-0.3, -0.25) is 4.79 Å². The summed E-state index contributed by atoms with van der Waals surface area (Å²) in [6.45, 7) is 8.84. The molecule has 1 aromatic carbocycles. The van der Waals surface area contributed by atoms with E-state index in [0.29, 0.717) is 22.9 Å². The number of pyridine rings is 1. The van der Waals surface area contributed by atoms with E-state index >= 15 is 0 Å². The van der Waals surface area contributed by atoms with Gasteiger partial charge in [-0.1, -0.05) is 50.6 Å². The number of aryl methyl sites for hydroxylation is 2. The van der Waals surface area contributed by atoms with Crippen molar-refractivity contribution in [2.24, 2.45) is 0 Å². The minimum Gasteiger partial charge on any atom is -0.493 e. The topological polar surface area (TPSA) is 77.2 Å². The Kier molecular flexibility index (Phi) is 7.01. The number of nitrogens with zero attached hydrogens (tertiary/aromatic N) is 3. The molecule has 31 heavy (non-hydrogen) atoms. The normalized spacial score (nSPS) is 11.5. The number of carboxylic acids is 1. The van der Waals surface area contributed by atoms with Crippen LogP contribution in [0, 0.1) is 6.92 Å². The van der Waals surface area contributed by atoms with Gasteiger partial charge in [-0.2, -0.15) is 5.10 Å². The average molecular weight is 442 g/mol. The molecule has 0 radical (unpaired) electrons. The molecule has 0 unspecified atom stereocenters. The second-order valence-electron chi connectivity index (χ2n) is 8.62. The quantitative estimate of drug-likeness (QED) is 0.488. The van der Waals surface area contributed by atoms with E-state index in [0.717, 1.165) is 35.5 Å². The molecule has 0 atom stereocenters. The predicted octanol–water partition coefficient (Wildman–Crippen LogP) is 5.17. The molecule has 2 heterocycles. The summed E-state index contributed by atoms with van der Waals surface area (Å²) >= 11 is 5.95. The maximum Gasteiger partial charge on any atom is 0.307 e. The highest BCUT2D eigenvalue weighted by molar-refractivity contribution is 6.30. The van der Waals surface area contributed by atoms with Crippen molar-refractivity contribution in [3.05, 3.63) is 70.1 Å². The number of hydrogen-bond acceptors (Lipinski definition) is 4. The zero-order chi connectivity index (χ0) is 22.6. The lowest BCUT2D eigenvalue weighted by atomic mass is 9.88. The number of aliphatic carboxylic acids is 1. The molecule has 0 amide bonds. The van der Waals surface area contributed by atoms with Crippen LogP contribution in [0.25, 0.3) is 5.82 Å². The molecular weight excluding hydrogens is 414 g/mol. The predicted molar refractivity (Wildman–Crippen MR) is 121 cm³/mol. The summed E-state index contributed by atoms with van der Waals surface area (Å²) in [5.74, 6) is 0.520. The molecule has 2 aromatic heterocycles. The molecule has 7 heteroatoms. The van der Waals surface area contributed by atoms with E-state index in [1.807, 2.05) is 31.3 Å². The Balaban J connectivity index is 1.72. The van der Waals surface area contributed by atoms with Crippen molar-refractivity contribution in [2.75, 3.05) is 6.61 Å². The average Bonchev–Trinajstić information content (AvgIpc) is 3.12. The molecule has 3 aromatic rings. The molecule has 0 aliphatic rings. The van der Waals surface area contributed by atoms with Crippen LogP contribution >= 0.6 is 11.6 Å². The summed E-state index contributed by atoms with van der Waals surface area (Å²) in [6.07, 6.45) is 5.15. The number of ether oxygens (including phenoxy) is 1. The molecule has 0 fully saturated rings. The number of carboxylic acid groups (broad SMARTS) is 1. The van der Waals surface area contributed by atoms with Crippen LogP contribution in [-0.2, 0) is 23.1 Å². The molecule has 6 nitrogen and oxygen atoms in total. The maximum atomic E-state index is 11.1. The number of benzene rings is 1. The van der Waals surface area contributed by atoms with E-state index in [1.165, 1.54) is 0 Å². The first kappa shape index (κ1) is 22.8. The highest BCUT2D eigenvalue weighted by Crippen LogP contribution is 2.27. The van der Waals surface area contributed by atoms with Crippen LogP contribution in [0.4, 0.5) is 0 Å². The van der Waals surface area contributed by atoms with E-state index in [1.54, 1.807) is 23.0 Å². The number of hydrogen-bond donors (Lipinski definition) is 1. The minimum absolute atomic E-state index is 0.0496. The Labute approximate surface area is 187 Å². The molecule has 3 rings (SSSR count). The fourth-order valence-electron chi connectivity index (χ4n) is 3.50. The largest absolute Gasteiger partial charge is 0.493 e. The van der Waals surface area contributed by atoms with Crippen molar-refractivity contribution in [2.45, 2.75) is 52.4 Å². The van der Waals surface area contributed by atoms with E-state index in [4.69, 9.17) is 26.5 Å². The zero-order valence-electron chi connectivity index (χ0n) is 18.4. The van der Waals surface area contributed by atoms with Gasteiger partial charge < -0.3 is 9.84 Å². The SMILES string of the molecule is Cc1cccc(CC(=O)O)c1OCCCc1cn(-c2ccc(Cl)cn2)nc1C(C)(C)C. The van der Waals surface area contributed by atoms with Crippen LogP contribution in [-0.4, -0.2) is 32.4 Å². The van der Waals surface area contributed by atoms with Gasteiger partial charge in [-0.15, -0.1) is 0 Å². The van der Waals surface area contributed by atoms with Crippen LogP contribution in [0.2, 0.25) is 5.02 Å². The lowest BCUT2D eigenvalue weighted by Crippen LogP contribution is -2.15. The first-order chi connectivity index (χ1) is 14.6. The van der Waals surface area contributed by atoms with Crippen molar-refractivity contribution in [3.63, 3.8) is 0 Å². The Bertz CT molecular complexity index is 1050. The Morgan fingerprint density at radius 3 is 2.61 bits per heavy atom. The van der Waals surface area contributed by atoms with Crippen LogP contribution < -0.4 is 4.74 Å².